The molecule has 1 fully saturated rings. The molecule has 0 saturated carbocycles. The maximum atomic E-state index is 13.3. The lowest BCUT2D eigenvalue weighted by Crippen LogP contribution is -2.53. The number of aromatic amines is 1. The molecule has 1 aliphatic rings. The lowest BCUT2D eigenvalue weighted by Gasteiger charge is -2.34. The number of rotatable bonds is 6. The van der Waals surface area contributed by atoms with E-state index >= 15 is 0 Å². The number of H-pyrrole nitrogens is 1. The standard InChI is InChI=1S/C23H25ClFN5O2.H2/c1-26-17-6-8-30(9-7-17)23(32)19(10-14-2-4-16(25)5-3-14)29-22(31)18-11-15-12-21(24)27-13-20(15)28-18;/h2-5,11-13,17,19,26,28H,6-10H2,1H3,(H,29,31);1H/t19-;/m0./s1. The molecule has 4 rings (SSSR count). The van der Waals surface area contributed by atoms with Crippen molar-refractivity contribution in [3.8, 4) is 0 Å². The Bertz CT molecular complexity index is 1120. The first-order valence-electron chi connectivity index (χ1n) is 10.6. The topological polar surface area (TPSA) is 90.1 Å². The van der Waals surface area contributed by atoms with E-state index in [9.17, 15) is 14.0 Å². The van der Waals surface area contributed by atoms with Crippen LogP contribution in [0.15, 0.2) is 42.6 Å². The number of piperidine rings is 1. The number of hydrogen-bond donors (Lipinski definition) is 3. The molecule has 2 aromatic heterocycles. The molecule has 3 N–H and O–H groups in total. The zero-order chi connectivity index (χ0) is 22.7. The molecule has 0 radical (unpaired) electrons. The van der Waals surface area contributed by atoms with E-state index in [1.807, 2.05) is 7.05 Å². The highest BCUT2D eigenvalue weighted by atomic mass is 35.5. The summed E-state index contributed by atoms with van der Waals surface area (Å²) in [6, 6.07) is 8.92. The summed E-state index contributed by atoms with van der Waals surface area (Å²) in [5.74, 6) is -0.888. The summed E-state index contributed by atoms with van der Waals surface area (Å²) in [4.78, 5) is 35.1. The largest absolute Gasteiger partial charge is 0.349 e. The number of benzene rings is 1. The summed E-state index contributed by atoms with van der Waals surface area (Å²) < 4.78 is 13.3. The van der Waals surface area contributed by atoms with Crippen LogP contribution in [0.4, 0.5) is 4.39 Å². The van der Waals surface area contributed by atoms with E-state index in [1.54, 1.807) is 35.4 Å². The van der Waals surface area contributed by atoms with Gasteiger partial charge in [-0.15, -0.1) is 0 Å². The number of carbonyl (C=O) groups excluding carboxylic acids is 2. The zero-order valence-corrected chi connectivity index (χ0v) is 18.5. The van der Waals surface area contributed by atoms with Gasteiger partial charge in [-0.05, 0) is 49.7 Å². The van der Waals surface area contributed by atoms with E-state index in [2.05, 4.69) is 20.6 Å². The van der Waals surface area contributed by atoms with Crippen molar-refractivity contribution in [3.63, 3.8) is 0 Å². The van der Waals surface area contributed by atoms with Crippen molar-refractivity contribution in [3.05, 3.63) is 64.8 Å². The fraction of sp³-hybridized carbons (Fsp3) is 0.348. The highest BCUT2D eigenvalue weighted by molar-refractivity contribution is 6.30. The van der Waals surface area contributed by atoms with Crippen molar-refractivity contribution in [2.45, 2.75) is 31.3 Å². The number of amides is 2. The van der Waals surface area contributed by atoms with E-state index in [-0.39, 0.29) is 19.6 Å². The second-order valence-corrected chi connectivity index (χ2v) is 8.41. The lowest BCUT2D eigenvalue weighted by atomic mass is 10.0. The van der Waals surface area contributed by atoms with E-state index in [0.29, 0.717) is 35.5 Å². The molecule has 3 aromatic rings. The van der Waals surface area contributed by atoms with E-state index in [0.717, 1.165) is 23.8 Å². The van der Waals surface area contributed by atoms with Gasteiger partial charge >= 0.3 is 0 Å². The van der Waals surface area contributed by atoms with Gasteiger partial charge in [0.1, 0.15) is 22.7 Å². The summed E-state index contributed by atoms with van der Waals surface area (Å²) in [7, 11) is 1.92. The van der Waals surface area contributed by atoms with Crippen molar-refractivity contribution in [1.82, 2.24) is 25.5 Å². The fourth-order valence-corrected chi connectivity index (χ4v) is 4.19. The molecule has 1 atom stereocenters. The minimum absolute atomic E-state index is 0. The Morgan fingerprint density at radius 1 is 1.28 bits per heavy atom. The summed E-state index contributed by atoms with van der Waals surface area (Å²) in [6.07, 6.45) is 3.54. The molecule has 0 unspecified atom stereocenters. The predicted molar refractivity (Wildman–Crippen MR) is 123 cm³/mol. The van der Waals surface area contributed by atoms with E-state index in [4.69, 9.17) is 11.6 Å². The minimum atomic E-state index is -0.771. The Kier molecular flexibility index (Phi) is 6.72. The van der Waals surface area contributed by atoms with Gasteiger partial charge in [0.2, 0.25) is 5.91 Å². The van der Waals surface area contributed by atoms with Crippen molar-refractivity contribution in [2.24, 2.45) is 0 Å². The average Bonchev–Trinajstić information content (AvgIpc) is 3.23. The molecule has 0 aliphatic carbocycles. The SMILES string of the molecule is CNC1CCN(C(=O)[C@H](Cc2ccc(F)cc2)NC(=O)c2cc3cc(Cl)ncc3[nH]2)CC1.[HH]. The van der Waals surface area contributed by atoms with Gasteiger partial charge in [-0.2, -0.15) is 0 Å². The van der Waals surface area contributed by atoms with Crippen LogP contribution < -0.4 is 10.6 Å². The smallest absolute Gasteiger partial charge is 0.268 e. The molecule has 1 saturated heterocycles. The minimum Gasteiger partial charge on any atom is -0.349 e. The third-order valence-electron chi connectivity index (χ3n) is 5.89. The normalized spacial score (nSPS) is 15.7. The summed E-state index contributed by atoms with van der Waals surface area (Å²) >= 11 is 5.93. The Hall–Kier alpha value is -2.97. The Morgan fingerprint density at radius 2 is 2.00 bits per heavy atom. The quantitative estimate of drug-likeness (QED) is 0.494. The van der Waals surface area contributed by atoms with Crippen molar-refractivity contribution in [2.75, 3.05) is 20.1 Å². The molecule has 1 aromatic carbocycles. The molecular formula is C23H27ClFN5O2. The Labute approximate surface area is 191 Å². The first-order chi connectivity index (χ1) is 15.4. The second-order valence-electron chi connectivity index (χ2n) is 8.02. The fourth-order valence-electron chi connectivity index (χ4n) is 4.03. The molecular weight excluding hydrogens is 433 g/mol. The Balaban J connectivity index is 0.00000306. The number of aromatic nitrogens is 2. The van der Waals surface area contributed by atoms with Crippen LogP contribution in [0.25, 0.3) is 10.9 Å². The van der Waals surface area contributed by atoms with Crippen LogP contribution in [0.1, 0.15) is 30.3 Å². The van der Waals surface area contributed by atoms with E-state index in [1.165, 1.54) is 12.1 Å². The highest BCUT2D eigenvalue weighted by Crippen LogP contribution is 2.19. The van der Waals surface area contributed by atoms with Crippen LogP contribution in [0.3, 0.4) is 0 Å². The number of nitrogens with zero attached hydrogens (tertiary/aromatic N) is 2. The van der Waals surface area contributed by atoms with Gasteiger partial charge in [0.15, 0.2) is 0 Å². The van der Waals surface area contributed by atoms with Crippen molar-refractivity contribution in [1.29, 1.82) is 0 Å². The monoisotopic (exact) mass is 459 g/mol. The van der Waals surface area contributed by atoms with Crippen molar-refractivity contribution >= 4 is 34.3 Å². The third kappa shape index (κ3) is 5.08. The number of carbonyl (C=O) groups is 2. The number of likely N-dealkylation sites (tertiary alicyclic amines) is 1. The number of fused-ring (bicyclic) bond motifs is 1. The van der Waals surface area contributed by atoms with Gasteiger partial charge in [0, 0.05) is 32.4 Å². The maximum absolute atomic E-state index is 13.3. The maximum Gasteiger partial charge on any atom is 0.268 e. The van der Waals surface area contributed by atoms with Gasteiger partial charge in [-0.1, -0.05) is 23.7 Å². The average molecular weight is 460 g/mol. The third-order valence-corrected chi connectivity index (χ3v) is 6.09. The molecule has 3 heterocycles. The van der Waals surface area contributed by atoms with Crippen LogP contribution in [0.5, 0.6) is 0 Å². The molecule has 1 aliphatic heterocycles. The van der Waals surface area contributed by atoms with Gasteiger partial charge in [0.05, 0.1) is 11.7 Å². The second kappa shape index (κ2) is 9.67. The zero-order valence-electron chi connectivity index (χ0n) is 17.7. The molecule has 170 valence electrons. The molecule has 2 amide bonds. The van der Waals surface area contributed by atoms with Crippen LogP contribution in [0.2, 0.25) is 5.15 Å². The first-order valence-corrected chi connectivity index (χ1v) is 11.0. The molecule has 32 heavy (non-hydrogen) atoms. The van der Waals surface area contributed by atoms with Crippen LogP contribution in [0, 0.1) is 5.82 Å². The van der Waals surface area contributed by atoms with Gasteiger partial charge < -0.3 is 20.5 Å². The first kappa shape index (κ1) is 22.2. The summed E-state index contributed by atoms with van der Waals surface area (Å²) in [6.45, 7) is 1.24. The van der Waals surface area contributed by atoms with Crippen molar-refractivity contribution < 1.29 is 15.4 Å². The Morgan fingerprint density at radius 3 is 2.69 bits per heavy atom. The van der Waals surface area contributed by atoms with Crippen LogP contribution in [-0.4, -0.2) is 58.9 Å². The van der Waals surface area contributed by atoms with E-state index < -0.39 is 11.9 Å². The molecule has 7 nitrogen and oxygen atoms in total. The van der Waals surface area contributed by atoms with Gasteiger partial charge in [0.25, 0.3) is 5.91 Å². The van der Waals surface area contributed by atoms with Gasteiger partial charge in [-0.3, -0.25) is 9.59 Å². The molecule has 9 heteroatoms. The molecule has 0 spiro atoms. The van der Waals surface area contributed by atoms with Crippen LogP contribution in [-0.2, 0) is 11.2 Å². The highest BCUT2D eigenvalue weighted by Gasteiger charge is 2.29. The molecule has 0 bridgehead atoms. The number of hydrogen-bond acceptors (Lipinski definition) is 4. The summed E-state index contributed by atoms with van der Waals surface area (Å²) in [5, 5.41) is 7.20. The number of halogens is 2. The van der Waals surface area contributed by atoms with Gasteiger partial charge in [-0.25, -0.2) is 9.37 Å². The van der Waals surface area contributed by atoms with Crippen LogP contribution >= 0.6 is 11.6 Å². The summed E-state index contributed by atoms with van der Waals surface area (Å²) in [5.41, 5.74) is 1.76. The number of pyridine rings is 1. The lowest BCUT2D eigenvalue weighted by molar-refractivity contribution is -0.134. The predicted octanol–water partition coefficient (Wildman–Crippen LogP) is 3.15. The number of nitrogens with one attached hydrogen (secondary N) is 3.